The third-order valence-corrected chi connectivity index (χ3v) is 2.77. The average molecular weight is 224 g/mol. The van der Waals surface area contributed by atoms with Crippen LogP contribution in [0.4, 0.5) is 13.2 Å². The molecule has 1 heterocycles. The van der Waals surface area contributed by atoms with Crippen molar-refractivity contribution in [2.24, 2.45) is 5.92 Å². The van der Waals surface area contributed by atoms with Crippen molar-refractivity contribution in [2.75, 3.05) is 26.2 Å². The van der Waals surface area contributed by atoms with Gasteiger partial charge in [-0.15, -0.1) is 0 Å². The molecular formula is C10H19F3N2. The van der Waals surface area contributed by atoms with Gasteiger partial charge in [-0.25, -0.2) is 0 Å². The number of hydrogen-bond donors (Lipinski definition) is 1. The third-order valence-electron chi connectivity index (χ3n) is 2.77. The molecule has 0 spiro atoms. The molecule has 1 fully saturated rings. The molecule has 0 radical (unpaired) electrons. The largest absolute Gasteiger partial charge is 0.401 e. The second-order valence-corrected chi connectivity index (χ2v) is 4.39. The highest BCUT2D eigenvalue weighted by Gasteiger charge is 2.30. The van der Waals surface area contributed by atoms with Gasteiger partial charge >= 0.3 is 6.18 Å². The minimum absolute atomic E-state index is 0.0182. The Balaban J connectivity index is 2.35. The highest BCUT2D eigenvalue weighted by Crippen LogP contribution is 2.18. The first-order chi connectivity index (χ1) is 6.90. The normalized spacial score (nSPS) is 29.4. The van der Waals surface area contributed by atoms with Crippen molar-refractivity contribution < 1.29 is 13.2 Å². The van der Waals surface area contributed by atoms with Crippen LogP contribution < -0.4 is 5.32 Å². The van der Waals surface area contributed by atoms with E-state index in [1.54, 1.807) is 0 Å². The summed E-state index contributed by atoms with van der Waals surface area (Å²) in [5.41, 5.74) is 0. The van der Waals surface area contributed by atoms with Crippen molar-refractivity contribution in [1.82, 2.24) is 10.2 Å². The SMILES string of the molecule is CCN1CC(C)CC(NCC(F)(F)F)C1. The lowest BCUT2D eigenvalue weighted by atomic mass is 9.96. The van der Waals surface area contributed by atoms with E-state index >= 15 is 0 Å². The number of halogens is 3. The minimum Gasteiger partial charge on any atom is -0.305 e. The van der Waals surface area contributed by atoms with Crippen molar-refractivity contribution >= 4 is 0 Å². The van der Waals surface area contributed by atoms with E-state index in [0.717, 1.165) is 26.1 Å². The molecule has 1 saturated heterocycles. The van der Waals surface area contributed by atoms with Gasteiger partial charge in [-0.05, 0) is 18.9 Å². The van der Waals surface area contributed by atoms with Gasteiger partial charge in [0.05, 0.1) is 6.54 Å². The first-order valence-electron chi connectivity index (χ1n) is 5.43. The molecule has 0 aliphatic carbocycles. The topological polar surface area (TPSA) is 15.3 Å². The van der Waals surface area contributed by atoms with Gasteiger partial charge in [0, 0.05) is 19.1 Å². The molecule has 1 N–H and O–H groups in total. The minimum atomic E-state index is -4.10. The van der Waals surface area contributed by atoms with Gasteiger partial charge < -0.3 is 10.2 Å². The van der Waals surface area contributed by atoms with Crippen LogP contribution in [0.15, 0.2) is 0 Å². The van der Waals surface area contributed by atoms with Crippen LogP contribution in [0.3, 0.4) is 0 Å². The van der Waals surface area contributed by atoms with Crippen molar-refractivity contribution in [3.63, 3.8) is 0 Å². The van der Waals surface area contributed by atoms with Crippen molar-refractivity contribution in [1.29, 1.82) is 0 Å². The first kappa shape index (κ1) is 12.8. The zero-order valence-electron chi connectivity index (χ0n) is 9.27. The zero-order chi connectivity index (χ0) is 11.5. The smallest absolute Gasteiger partial charge is 0.305 e. The van der Waals surface area contributed by atoms with Crippen LogP contribution in [0.5, 0.6) is 0 Å². The summed E-state index contributed by atoms with van der Waals surface area (Å²) in [5, 5.41) is 2.59. The predicted molar refractivity (Wildman–Crippen MR) is 53.7 cm³/mol. The number of piperidine rings is 1. The fourth-order valence-electron chi connectivity index (χ4n) is 2.13. The van der Waals surface area contributed by atoms with E-state index in [1.165, 1.54) is 0 Å². The fourth-order valence-corrected chi connectivity index (χ4v) is 2.13. The average Bonchev–Trinajstić information content (AvgIpc) is 2.13. The van der Waals surface area contributed by atoms with E-state index in [-0.39, 0.29) is 6.04 Å². The summed E-state index contributed by atoms with van der Waals surface area (Å²) < 4.78 is 36.0. The number of likely N-dealkylation sites (tertiary alicyclic amines) is 1. The molecule has 0 amide bonds. The van der Waals surface area contributed by atoms with Crippen molar-refractivity contribution in [3.05, 3.63) is 0 Å². The van der Waals surface area contributed by atoms with E-state index in [0.29, 0.717) is 5.92 Å². The summed E-state index contributed by atoms with van der Waals surface area (Å²) in [6, 6.07) is -0.0182. The summed E-state index contributed by atoms with van der Waals surface area (Å²) in [5.74, 6) is 0.476. The second kappa shape index (κ2) is 5.16. The van der Waals surface area contributed by atoms with E-state index in [9.17, 15) is 13.2 Å². The molecule has 0 aromatic rings. The summed E-state index contributed by atoms with van der Waals surface area (Å²) in [6.45, 7) is 5.90. The standard InChI is InChI=1S/C10H19F3N2/c1-3-15-5-8(2)4-9(6-15)14-7-10(11,12)13/h8-9,14H,3-7H2,1-2H3. The molecule has 0 saturated carbocycles. The Morgan fingerprint density at radius 2 is 2.00 bits per heavy atom. The Labute approximate surface area is 88.8 Å². The molecule has 2 nitrogen and oxygen atoms in total. The Hall–Kier alpha value is -0.290. The molecule has 1 aliphatic rings. The fraction of sp³-hybridized carbons (Fsp3) is 1.00. The summed E-state index contributed by atoms with van der Waals surface area (Å²) in [6.07, 6.45) is -3.26. The van der Waals surface area contributed by atoms with Crippen molar-refractivity contribution in [2.45, 2.75) is 32.5 Å². The second-order valence-electron chi connectivity index (χ2n) is 4.39. The maximum atomic E-state index is 12.0. The molecule has 1 aliphatic heterocycles. The Morgan fingerprint density at radius 3 is 2.53 bits per heavy atom. The Kier molecular flexibility index (Phi) is 4.40. The molecule has 0 bridgehead atoms. The number of nitrogens with one attached hydrogen (secondary N) is 1. The Bertz CT molecular complexity index is 194. The molecule has 90 valence electrons. The van der Waals surface area contributed by atoms with Crippen LogP contribution in [0.25, 0.3) is 0 Å². The molecule has 15 heavy (non-hydrogen) atoms. The molecule has 0 aromatic heterocycles. The van der Waals surface area contributed by atoms with Crippen LogP contribution in [0.2, 0.25) is 0 Å². The van der Waals surface area contributed by atoms with Crippen LogP contribution >= 0.6 is 0 Å². The summed E-state index contributed by atoms with van der Waals surface area (Å²) >= 11 is 0. The zero-order valence-corrected chi connectivity index (χ0v) is 9.27. The van der Waals surface area contributed by atoms with Gasteiger partial charge in [-0.2, -0.15) is 13.2 Å². The molecule has 2 atom stereocenters. The highest BCUT2D eigenvalue weighted by atomic mass is 19.4. The molecular weight excluding hydrogens is 205 g/mol. The molecule has 0 aromatic carbocycles. The lowest BCUT2D eigenvalue weighted by molar-refractivity contribution is -0.127. The lowest BCUT2D eigenvalue weighted by Crippen LogP contribution is -2.50. The maximum absolute atomic E-state index is 12.0. The lowest BCUT2D eigenvalue weighted by Gasteiger charge is -2.36. The summed E-state index contributed by atoms with van der Waals surface area (Å²) in [4.78, 5) is 2.20. The Morgan fingerprint density at radius 1 is 1.33 bits per heavy atom. The van der Waals surface area contributed by atoms with Gasteiger partial charge in [-0.1, -0.05) is 13.8 Å². The predicted octanol–water partition coefficient (Wildman–Crippen LogP) is 1.87. The van der Waals surface area contributed by atoms with Crippen LogP contribution in [0.1, 0.15) is 20.3 Å². The van der Waals surface area contributed by atoms with E-state index < -0.39 is 12.7 Å². The van der Waals surface area contributed by atoms with E-state index in [1.807, 2.05) is 6.92 Å². The number of rotatable bonds is 3. The number of alkyl halides is 3. The molecule has 1 rings (SSSR count). The first-order valence-corrected chi connectivity index (χ1v) is 5.43. The van der Waals surface area contributed by atoms with Crippen molar-refractivity contribution in [3.8, 4) is 0 Å². The van der Waals surface area contributed by atoms with Gasteiger partial charge in [0.2, 0.25) is 0 Å². The molecule has 5 heteroatoms. The quantitative estimate of drug-likeness (QED) is 0.787. The van der Waals surface area contributed by atoms with E-state index in [2.05, 4.69) is 17.1 Å². The molecule has 2 unspecified atom stereocenters. The van der Waals surface area contributed by atoms with Gasteiger partial charge in [-0.3, -0.25) is 0 Å². The highest BCUT2D eigenvalue weighted by molar-refractivity contribution is 4.81. The van der Waals surface area contributed by atoms with Gasteiger partial charge in [0.25, 0.3) is 0 Å². The van der Waals surface area contributed by atoms with Crippen LogP contribution in [-0.4, -0.2) is 43.3 Å². The van der Waals surface area contributed by atoms with E-state index in [4.69, 9.17) is 0 Å². The van der Waals surface area contributed by atoms with Gasteiger partial charge in [0.1, 0.15) is 0 Å². The number of likely N-dealkylation sites (N-methyl/N-ethyl adjacent to an activating group) is 1. The summed E-state index contributed by atoms with van der Waals surface area (Å²) in [7, 11) is 0. The number of nitrogens with zero attached hydrogens (tertiary/aromatic N) is 1. The van der Waals surface area contributed by atoms with Crippen LogP contribution in [-0.2, 0) is 0 Å². The third kappa shape index (κ3) is 4.84. The van der Waals surface area contributed by atoms with Gasteiger partial charge in [0.15, 0.2) is 0 Å². The maximum Gasteiger partial charge on any atom is 0.401 e. The monoisotopic (exact) mass is 224 g/mol. The van der Waals surface area contributed by atoms with Crippen LogP contribution in [0, 0.1) is 5.92 Å². The number of hydrogen-bond acceptors (Lipinski definition) is 2.